The molecule has 0 bridgehead atoms. The number of carbonyl (C=O) groups is 1. The third-order valence-electron chi connectivity index (χ3n) is 6.01. The Morgan fingerprint density at radius 3 is 2.57 bits per heavy atom. The van der Waals surface area contributed by atoms with Gasteiger partial charge in [-0.2, -0.15) is 0 Å². The second kappa shape index (κ2) is 7.08. The van der Waals surface area contributed by atoms with Gasteiger partial charge in [0.05, 0.1) is 5.52 Å². The van der Waals surface area contributed by atoms with Crippen LogP contribution in [0.25, 0.3) is 16.6 Å². The third kappa shape index (κ3) is 3.11. The maximum absolute atomic E-state index is 13.9. The number of nitrogens with zero attached hydrogens (tertiary/aromatic N) is 1. The molecule has 1 aliphatic rings. The van der Waals surface area contributed by atoms with Crippen LogP contribution in [0.1, 0.15) is 61.8 Å². The van der Waals surface area contributed by atoms with E-state index >= 15 is 0 Å². The summed E-state index contributed by atoms with van der Waals surface area (Å²) in [5.74, 6) is 0.0391. The topological polar surface area (TPSA) is 42.2 Å². The molecule has 1 aromatic heterocycles. The van der Waals surface area contributed by atoms with Gasteiger partial charge in [-0.15, -0.1) is 0 Å². The number of benzene rings is 2. The molecule has 2 aromatic carbocycles. The van der Waals surface area contributed by atoms with Gasteiger partial charge < -0.3 is 9.67 Å². The van der Waals surface area contributed by atoms with Gasteiger partial charge in [0.15, 0.2) is 0 Å². The van der Waals surface area contributed by atoms with E-state index in [0.29, 0.717) is 17.4 Å². The number of carboxylic acid groups (broad SMARTS) is 1. The van der Waals surface area contributed by atoms with Crippen molar-refractivity contribution in [2.75, 3.05) is 0 Å². The minimum Gasteiger partial charge on any atom is -0.481 e. The first-order chi connectivity index (χ1) is 13.4. The van der Waals surface area contributed by atoms with Gasteiger partial charge in [0.1, 0.15) is 5.82 Å². The van der Waals surface area contributed by atoms with Crippen LogP contribution >= 0.6 is 0 Å². The van der Waals surface area contributed by atoms with E-state index in [1.807, 2.05) is 18.2 Å². The smallest absolute Gasteiger partial charge is 0.303 e. The van der Waals surface area contributed by atoms with Gasteiger partial charge in [0.25, 0.3) is 0 Å². The molecule has 1 heterocycles. The van der Waals surface area contributed by atoms with Crippen LogP contribution in [0.5, 0.6) is 0 Å². The molecule has 0 amide bonds. The van der Waals surface area contributed by atoms with Crippen LogP contribution in [0.3, 0.4) is 0 Å². The van der Waals surface area contributed by atoms with Crippen LogP contribution in [0.2, 0.25) is 0 Å². The number of hydrogen-bond donors (Lipinski definition) is 1. The highest BCUT2D eigenvalue weighted by Gasteiger charge is 2.36. The van der Waals surface area contributed by atoms with Crippen LogP contribution in [-0.4, -0.2) is 15.6 Å². The Hall–Kier alpha value is -2.62. The average molecular weight is 379 g/mol. The number of aromatic nitrogens is 1. The molecule has 0 aliphatic heterocycles. The summed E-state index contributed by atoms with van der Waals surface area (Å²) in [7, 11) is 0. The molecule has 28 heavy (non-hydrogen) atoms. The predicted molar refractivity (Wildman–Crippen MR) is 110 cm³/mol. The first-order valence-electron chi connectivity index (χ1n) is 9.98. The van der Waals surface area contributed by atoms with Crippen LogP contribution in [0, 0.1) is 18.7 Å². The number of halogens is 1. The van der Waals surface area contributed by atoms with Crippen molar-refractivity contribution in [2.24, 2.45) is 5.92 Å². The van der Waals surface area contributed by atoms with Crippen molar-refractivity contribution >= 4 is 16.9 Å². The quantitative estimate of drug-likeness (QED) is 0.576. The third-order valence-corrected chi connectivity index (χ3v) is 6.01. The van der Waals surface area contributed by atoms with Crippen molar-refractivity contribution in [3.05, 3.63) is 65.1 Å². The molecule has 0 atom stereocenters. The van der Waals surface area contributed by atoms with Crippen LogP contribution in [0.4, 0.5) is 4.39 Å². The summed E-state index contributed by atoms with van der Waals surface area (Å²) in [5, 5.41) is 10.3. The lowest BCUT2D eigenvalue weighted by Crippen LogP contribution is -2.25. The average Bonchev–Trinajstić information content (AvgIpc) is 2.95. The lowest BCUT2D eigenvalue weighted by Gasteiger charge is -2.36. The Morgan fingerprint density at radius 2 is 1.93 bits per heavy atom. The Morgan fingerprint density at radius 1 is 1.21 bits per heavy atom. The van der Waals surface area contributed by atoms with E-state index in [0.717, 1.165) is 24.0 Å². The van der Waals surface area contributed by atoms with Crippen molar-refractivity contribution in [1.29, 1.82) is 0 Å². The van der Waals surface area contributed by atoms with Crippen LogP contribution in [-0.2, 0) is 4.79 Å². The zero-order valence-corrected chi connectivity index (χ0v) is 16.6. The summed E-state index contributed by atoms with van der Waals surface area (Å²) < 4.78 is 16.1. The molecule has 0 spiro atoms. The summed E-state index contributed by atoms with van der Waals surface area (Å²) in [6, 6.07) is 13.7. The van der Waals surface area contributed by atoms with Crippen LogP contribution < -0.4 is 0 Å². The number of aliphatic carboxylic acids is 1. The molecular formula is C24H26FNO2. The molecule has 0 unspecified atom stereocenters. The molecule has 1 fully saturated rings. The summed E-state index contributed by atoms with van der Waals surface area (Å²) >= 11 is 0. The first-order valence-corrected chi connectivity index (χ1v) is 9.98. The number of para-hydroxylation sites is 1. The molecule has 146 valence electrons. The number of rotatable bonds is 5. The van der Waals surface area contributed by atoms with E-state index in [9.17, 15) is 9.18 Å². The highest BCUT2D eigenvalue weighted by atomic mass is 19.1. The van der Waals surface area contributed by atoms with E-state index in [2.05, 4.69) is 36.6 Å². The lowest BCUT2D eigenvalue weighted by atomic mass is 9.69. The molecule has 3 nitrogen and oxygen atoms in total. The summed E-state index contributed by atoms with van der Waals surface area (Å²) in [4.78, 5) is 11.0. The van der Waals surface area contributed by atoms with Gasteiger partial charge in [-0.3, -0.25) is 4.79 Å². The maximum atomic E-state index is 13.9. The second-order valence-electron chi connectivity index (χ2n) is 8.37. The van der Waals surface area contributed by atoms with Gasteiger partial charge in [0, 0.05) is 23.2 Å². The molecule has 4 rings (SSSR count). The summed E-state index contributed by atoms with van der Waals surface area (Å²) in [6.45, 7) is 6.18. The second-order valence-corrected chi connectivity index (χ2v) is 8.37. The van der Waals surface area contributed by atoms with Gasteiger partial charge in [-0.05, 0) is 72.9 Å². The van der Waals surface area contributed by atoms with E-state index < -0.39 is 5.97 Å². The van der Waals surface area contributed by atoms with E-state index in [1.54, 1.807) is 6.92 Å². The molecule has 1 aliphatic carbocycles. The Labute approximate surface area is 164 Å². The number of aryl methyl sites for hydroxylation is 1. The Kier molecular flexibility index (Phi) is 4.74. The highest BCUT2D eigenvalue weighted by molar-refractivity contribution is 5.88. The monoisotopic (exact) mass is 379 g/mol. The highest BCUT2D eigenvalue weighted by Crippen LogP contribution is 2.49. The van der Waals surface area contributed by atoms with Crippen molar-refractivity contribution < 1.29 is 14.3 Å². The van der Waals surface area contributed by atoms with E-state index in [4.69, 9.17) is 5.11 Å². The normalized spacial score (nSPS) is 19.2. The fraction of sp³-hybridized carbons (Fsp3) is 0.375. The standard InChI is InChI=1S/C24H26FNO2/c1-14(2)24-23(17-11-16(12-17)13-22(27)28)19-6-4-5-7-21(19)26(24)18-8-9-20(25)15(3)10-18/h4-10,14,16-17H,11-13H2,1-3H3,(H,27,28). The van der Waals surface area contributed by atoms with Crippen LogP contribution in [0.15, 0.2) is 42.5 Å². The summed E-state index contributed by atoms with van der Waals surface area (Å²) in [5.41, 5.74) is 5.34. The van der Waals surface area contributed by atoms with Crippen molar-refractivity contribution in [1.82, 2.24) is 4.57 Å². The number of carboxylic acids is 1. The zero-order chi connectivity index (χ0) is 20.0. The van der Waals surface area contributed by atoms with E-state index in [-0.39, 0.29) is 18.2 Å². The Bertz CT molecular complexity index is 1040. The fourth-order valence-electron chi connectivity index (χ4n) is 4.71. The predicted octanol–water partition coefficient (Wildman–Crippen LogP) is 6.17. The molecule has 0 saturated heterocycles. The summed E-state index contributed by atoms with van der Waals surface area (Å²) in [6.07, 6.45) is 2.09. The first kappa shape index (κ1) is 18.7. The number of fused-ring (bicyclic) bond motifs is 1. The maximum Gasteiger partial charge on any atom is 0.303 e. The molecule has 1 N–H and O–H groups in total. The molecule has 4 heteroatoms. The van der Waals surface area contributed by atoms with Gasteiger partial charge in [-0.1, -0.05) is 32.0 Å². The molecular weight excluding hydrogens is 353 g/mol. The largest absolute Gasteiger partial charge is 0.481 e. The van der Waals surface area contributed by atoms with Gasteiger partial charge >= 0.3 is 5.97 Å². The molecule has 3 aromatic rings. The molecule has 1 saturated carbocycles. The lowest BCUT2D eigenvalue weighted by molar-refractivity contribution is -0.138. The Balaban J connectivity index is 1.88. The van der Waals surface area contributed by atoms with Crippen molar-refractivity contribution in [3.8, 4) is 5.69 Å². The van der Waals surface area contributed by atoms with Gasteiger partial charge in [0.2, 0.25) is 0 Å². The minimum absolute atomic E-state index is 0.193. The molecule has 0 radical (unpaired) electrons. The van der Waals surface area contributed by atoms with Crippen molar-refractivity contribution in [2.45, 2.75) is 51.9 Å². The fourth-order valence-corrected chi connectivity index (χ4v) is 4.71. The number of hydrogen-bond acceptors (Lipinski definition) is 1. The van der Waals surface area contributed by atoms with Crippen molar-refractivity contribution in [3.63, 3.8) is 0 Å². The zero-order valence-electron chi connectivity index (χ0n) is 16.6. The van der Waals surface area contributed by atoms with Gasteiger partial charge in [-0.25, -0.2) is 4.39 Å². The minimum atomic E-state index is -0.711. The van der Waals surface area contributed by atoms with E-state index in [1.165, 1.54) is 22.7 Å². The SMILES string of the molecule is Cc1cc(-n2c(C(C)C)c(C3CC(CC(=O)O)C3)c3ccccc32)ccc1F.